The second-order valence-corrected chi connectivity index (χ2v) is 4.70. The van der Waals surface area contributed by atoms with Gasteiger partial charge in [0, 0.05) is 24.7 Å². The number of fused-ring (bicyclic) bond motifs is 1. The molecule has 1 atom stereocenters. The number of carbonyl (C=O) groups is 1. The average Bonchev–Trinajstić information content (AvgIpc) is 2.62. The van der Waals surface area contributed by atoms with Gasteiger partial charge in [0.05, 0.1) is 20.3 Å². The fourth-order valence-corrected chi connectivity index (χ4v) is 2.41. The van der Waals surface area contributed by atoms with Crippen LogP contribution in [0.2, 0.25) is 0 Å². The first-order valence-corrected chi connectivity index (χ1v) is 6.54. The first kappa shape index (κ1) is 12.1. The van der Waals surface area contributed by atoms with Crippen molar-refractivity contribution in [1.82, 2.24) is 0 Å². The Morgan fingerprint density at radius 3 is 2.79 bits per heavy atom. The third-order valence-electron chi connectivity index (χ3n) is 3.56. The number of rotatable bonds is 2. The number of anilines is 1. The number of esters is 1. The van der Waals surface area contributed by atoms with Gasteiger partial charge >= 0.3 is 5.97 Å². The molecule has 5 nitrogen and oxygen atoms in total. The lowest BCUT2D eigenvalue weighted by atomic mass is 10.0. The molecule has 0 amide bonds. The van der Waals surface area contributed by atoms with E-state index in [0.29, 0.717) is 13.2 Å². The first-order chi connectivity index (χ1) is 9.29. The zero-order valence-corrected chi connectivity index (χ0v) is 10.9. The van der Waals surface area contributed by atoms with Gasteiger partial charge in [-0.15, -0.1) is 0 Å². The molecule has 1 saturated heterocycles. The van der Waals surface area contributed by atoms with Crippen LogP contribution < -0.4 is 14.4 Å². The summed E-state index contributed by atoms with van der Waals surface area (Å²) in [6, 6.07) is 5.64. The van der Waals surface area contributed by atoms with E-state index in [1.807, 2.05) is 23.1 Å². The van der Waals surface area contributed by atoms with Crippen LogP contribution in [0.4, 0.5) is 5.69 Å². The van der Waals surface area contributed by atoms with Gasteiger partial charge in [0.2, 0.25) is 0 Å². The van der Waals surface area contributed by atoms with Crippen molar-refractivity contribution in [3.63, 3.8) is 0 Å². The number of methoxy groups -OCH3 is 1. The summed E-state index contributed by atoms with van der Waals surface area (Å²) >= 11 is 0. The normalized spacial score (nSPS) is 21.3. The van der Waals surface area contributed by atoms with Gasteiger partial charge in [-0.3, -0.25) is 0 Å². The van der Waals surface area contributed by atoms with Gasteiger partial charge < -0.3 is 19.1 Å². The molecule has 2 aliphatic rings. The molecule has 0 aromatic heterocycles. The van der Waals surface area contributed by atoms with E-state index in [-0.39, 0.29) is 12.0 Å². The Bertz CT molecular complexity index is 488. The number of hydrogen-bond acceptors (Lipinski definition) is 5. The Hall–Kier alpha value is -1.91. The number of nitrogens with zero attached hydrogens (tertiary/aromatic N) is 1. The van der Waals surface area contributed by atoms with Gasteiger partial charge in [0.15, 0.2) is 11.5 Å². The minimum atomic E-state index is -0.182. The molecule has 0 bridgehead atoms. The maximum Gasteiger partial charge on any atom is 0.328 e. The van der Waals surface area contributed by atoms with E-state index in [9.17, 15) is 4.79 Å². The summed E-state index contributed by atoms with van der Waals surface area (Å²) in [5.74, 6) is 1.35. The van der Waals surface area contributed by atoms with Crippen LogP contribution in [0.3, 0.4) is 0 Å². The zero-order chi connectivity index (χ0) is 13.2. The molecule has 1 unspecified atom stereocenters. The lowest BCUT2D eigenvalue weighted by Gasteiger charge is -2.40. The van der Waals surface area contributed by atoms with E-state index in [2.05, 4.69) is 0 Å². The molecule has 2 heterocycles. The molecular weight excluding hydrogens is 246 g/mol. The fraction of sp³-hybridized carbons (Fsp3) is 0.500. The minimum Gasteiger partial charge on any atom is -0.490 e. The van der Waals surface area contributed by atoms with Gasteiger partial charge in [-0.25, -0.2) is 4.79 Å². The molecule has 3 rings (SSSR count). The SMILES string of the molecule is COC(=O)C1CCN1c1ccc2c(c1)OCCCO2. The third kappa shape index (κ3) is 2.20. The minimum absolute atomic E-state index is 0.172. The highest BCUT2D eigenvalue weighted by molar-refractivity contribution is 5.82. The molecule has 19 heavy (non-hydrogen) atoms. The second-order valence-electron chi connectivity index (χ2n) is 4.70. The van der Waals surface area contributed by atoms with Crippen LogP contribution in [-0.2, 0) is 9.53 Å². The predicted molar refractivity (Wildman–Crippen MR) is 69.8 cm³/mol. The molecule has 0 N–H and O–H groups in total. The summed E-state index contributed by atoms with van der Waals surface area (Å²) in [6.45, 7) is 2.21. The first-order valence-electron chi connectivity index (χ1n) is 6.54. The highest BCUT2D eigenvalue weighted by atomic mass is 16.5. The van der Waals surface area contributed by atoms with E-state index in [0.717, 1.165) is 36.6 Å². The molecule has 1 aromatic carbocycles. The van der Waals surface area contributed by atoms with Gasteiger partial charge in [0.1, 0.15) is 6.04 Å². The van der Waals surface area contributed by atoms with Crippen molar-refractivity contribution in [2.75, 3.05) is 31.8 Å². The van der Waals surface area contributed by atoms with Crippen molar-refractivity contribution < 1.29 is 19.0 Å². The quantitative estimate of drug-likeness (QED) is 0.758. The lowest BCUT2D eigenvalue weighted by molar-refractivity contribution is -0.143. The number of hydrogen-bond donors (Lipinski definition) is 0. The summed E-state index contributed by atoms with van der Waals surface area (Å²) in [6.07, 6.45) is 1.72. The largest absolute Gasteiger partial charge is 0.490 e. The van der Waals surface area contributed by atoms with Crippen molar-refractivity contribution in [1.29, 1.82) is 0 Å². The number of benzene rings is 1. The van der Waals surface area contributed by atoms with E-state index in [1.54, 1.807) is 0 Å². The Morgan fingerprint density at radius 2 is 2.11 bits per heavy atom. The molecule has 0 saturated carbocycles. The smallest absolute Gasteiger partial charge is 0.328 e. The molecule has 2 aliphatic heterocycles. The van der Waals surface area contributed by atoms with E-state index in [1.165, 1.54) is 7.11 Å². The van der Waals surface area contributed by atoms with Crippen molar-refractivity contribution >= 4 is 11.7 Å². The molecule has 1 aromatic rings. The van der Waals surface area contributed by atoms with Crippen molar-refractivity contribution in [2.45, 2.75) is 18.9 Å². The van der Waals surface area contributed by atoms with Crippen LogP contribution in [0.5, 0.6) is 11.5 Å². The summed E-state index contributed by atoms with van der Waals surface area (Å²) in [5, 5.41) is 0. The van der Waals surface area contributed by atoms with Gasteiger partial charge in [-0.1, -0.05) is 0 Å². The zero-order valence-electron chi connectivity index (χ0n) is 10.9. The third-order valence-corrected chi connectivity index (χ3v) is 3.56. The lowest BCUT2D eigenvalue weighted by Crippen LogP contribution is -2.53. The summed E-state index contributed by atoms with van der Waals surface area (Å²) in [4.78, 5) is 13.6. The standard InChI is InChI=1S/C14H17NO4/c1-17-14(16)11-5-6-15(11)10-3-4-12-13(9-10)19-8-2-7-18-12/h3-4,9,11H,2,5-8H2,1H3. The number of carbonyl (C=O) groups excluding carboxylic acids is 1. The molecule has 0 radical (unpaired) electrons. The van der Waals surface area contributed by atoms with Crippen molar-refractivity contribution in [3.8, 4) is 11.5 Å². The number of ether oxygens (including phenoxy) is 3. The molecule has 1 fully saturated rings. The van der Waals surface area contributed by atoms with Crippen LogP contribution in [0, 0.1) is 0 Å². The van der Waals surface area contributed by atoms with Gasteiger partial charge in [-0.05, 0) is 18.6 Å². The molecule has 102 valence electrons. The van der Waals surface area contributed by atoms with E-state index < -0.39 is 0 Å². The maximum atomic E-state index is 11.6. The second kappa shape index (κ2) is 4.99. The van der Waals surface area contributed by atoms with Crippen LogP contribution in [0.25, 0.3) is 0 Å². The molecule has 5 heteroatoms. The average molecular weight is 263 g/mol. The van der Waals surface area contributed by atoms with Gasteiger partial charge in [-0.2, -0.15) is 0 Å². The monoisotopic (exact) mass is 263 g/mol. The Labute approximate surface area is 112 Å². The van der Waals surface area contributed by atoms with Crippen molar-refractivity contribution in [2.24, 2.45) is 0 Å². The van der Waals surface area contributed by atoms with Gasteiger partial charge in [0.25, 0.3) is 0 Å². The predicted octanol–water partition coefficient (Wildman–Crippen LogP) is 1.60. The Balaban J connectivity index is 1.82. The molecule has 0 aliphatic carbocycles. The fourth-order valence-electron chi connectivity index (χ4n) is 2.41. The Kier molecular flexibility index (Phi) is 3.19. The van der Waals surface area contributed by atoms with E-state index in [4.69, 9.17) is 14.2 Å². The summed E-state index contributed by atoms with van der Waals surface area (Å²) in [5.41, 5.74) is 0.978. The highest BCUT2D eigenvalue weighted by Crippen LogP contribution is 2.36. The van der Waals surface area contributed by atoms with Crippen LogP contribution >= 0.6 is 0 Å². The van der Waals surface area contributed by atoms with Crippen molar-refractivity contribution in [3.05, 3.63) is 18.2 Å². The Morgan fingerprint density at radius 1 is 1.32 bits per heavy atom. The molecule has 0 spiro atoms. The maximum absolute atomic E-state index is 11.6. The highest BCUT2D eigenvalue weighted by Gasteiger charge is 2.35. The summed E-state index contributed by atoms with van der Waals surface area (Å²) in [7, 11) is 1.42. The van der Waals surface area contributed by atoms with Crippen LogP contribution in [0.15, 0.2) is 18.2 Å². The van der Waals surface area contributed by atoms with Crippen LogP contribution in [0.1, 0.15) is 12.8 Å². The summed E-state index contributed by atoms with van der Waals surface area (Å²) < 4.78 is 16.1. The van der Waals surface area contributed by atoms with Crippen LogP contribution in [-0.4, -0.2) is 38.9 Å². The topological polar surface area (TPSA) is 48.0 Å². The van der Waals surface area contributed by atoms with E-state index >= 15 is 0 Å². The molecular formula is C14H17NO4.